The summed E-state index contributed by atoms with van der Waals surface area (Å²) in [5, 5.41) is 1.93. The standard InChI is InChI=1S/C18H24N2O3S/c1-13-12-24-18(21)20(13)10-9-19-8-4-5-15(19)14-6-7-16(22-2)17(11-14)23-3/h6-7,11-12,15H,4-5,8-10H2,1-3H3/t15-/m1/s1. The summed E-state index contributed by atoms with van der Waals surface area (Å²) in [7, 11) is 3.32. The van der Waals surface area contributed by atoms with Crippen LogP contribution in [0.4, 0.5) is 0 Å². The van der Waals surface area contributed by atoms with Crippen molar-refractivity contribution in [2.24, 2.45) is 0 Å². The van der Waals surface area contributed by atoms with E-state index in [0.29, 0.717) is 6.04 Å². The van der Waals surface area contributed by atoms with Gasteiger partial charge in [0.05, 0.1) is 14.2 Å². The van der Waals surface area contributed by atoms with E-state index in [2.05, 4.69) is 17.0 Å². The molecule has 0 radical (unpaired) electrons. The lowest BCUT2D eigenvalue weighted by Gasteiger charge is -2.25. The molecule has 1 aliphatic heterocycles. The summed E-state index contributed by atoms with van der Waals surface area (Å²) < 4.78 is 12.6. The van der Waals surface area contributed by atoms with E-state index in [4.69, 9.17) is 9.47 Å². The number of hydrogen-bond acceptors (Lipinski definition) is 5. The topological polar surface area (TPSA) is 43.7 Å². The largest absolute Gasteiger partial charge is 0.493 e. The highest BCUT2D eigenvalue weighted by molar-refractivity contribution is 7.07. The summed E-state index contributed by atoms with van der Waals surface area (Å²) in [5.74, 6) is 1.53. The van der Waals surface area contributed by atoms with E-state index in [1.54, 1.807) is 14.2 Å². The molecule has 0 spiro atoms. The number of ether oxygens (including phenoxy) is 2. The normalized spacial score (nSPS) is 18.0. The highest BCUT2D eigenvalue weighted by Crippen LogP contribution is 2.36. The minimum atomic E-state index is 0.134. The van der Waals surface area contributed by atoms with Crippen LogP contribution >= 0.6 is 11.3 Å². The first kappa shape index (κ1) is 17.0. The van der Waals surface area contributed by atoms with Gasteiger partial charge < -0.3 is 14.0 Å². The van der Waals surface area contributed by atoms with Gasteiger partial charge in [-0.25, -0.2) is 0 Å². The van der Waals surface area contributed by atoms with Crippen LogP contribution in [0.2, 0.25) is 0 Å². The number of nitrogens with zero attached hydrogens (tertiary/aromatic N) is 2. The molecule has 6 heteroatoms. The number of likely N-dealkylation sites (tertiary alicyclic amines) is 1. The second kappa shape index (κ2) is 7.40. The average Bonchev–Trinajstić information content (AvgIpc) is 3.19. The van der Waals surface area contributed by atoms with E-state index < -0.39 is 0 Å². The quantitative estimate of drug-likeness (QED) is 0.805. The monoisotopic (exact) mass is 348 g/mol. The Balaban J connectivity index is 1.75. The molecule has 0 N–H and O–H groups in total. The van der Waals surface area contributed by atoms with E-state index in [1.165, 1.54) is 23.3 Å². The molecule has 1 aromatic carbocycles. The molecule has 0 bridgehead atoms. The Kier molecular flexibility index (Phi) is 5.26. The molecule has 1 fully saturated rings. The smallest absolute Gasteiger partial charge is 0.307 e. The van der Waals surface area contributed by atoms with Crippen LogP contribution in [0.3, 0.4) is 0 Å². The Morgan fingerprint density at radius 3 is 2.67 bits per heavy atom. The van der Waals surface area contributed by atoms with Crippen LogP contribution in [0.1, 0.15) is 30.1 Å². The molecule has 1 aliphatic rings. The maximum absolute atomic E-state index is 11.9. The molecule has 1 saturated heterocycles. The van der Waals surface area contributed by atoms with E-state index in [9.17, 15) is 4.79 Å². The summed E-state index contributed by atoms with van der Waals surface area (Å²) in [5.41, 5.74) is 2.30. The van der Waals surface area contributed by atoms with Crippen LogP contribution in [-0.4, -0.2) is 36.8 Å². The van der Waals surface area contributed by atoms with Gasteiger partial charge in [0.2, 0.25) is 0 Å². The Bertz CT molecular complexity index is 753. The van der Waals surface area contributed by atoms with Crippen molar-refractivity contribution in [2.75, 3.05) is 27.3 Å². The van der Waals surface area contributed by atoms with Gasteiger partial charge >= 0.3 is 4.87 Å². The van der Waals surface area contributed by atoms with Crippen molar-refractivity contribution in [3.8, 4) is 11.5 Å². The molecule has 1 atom stereocenters. The summed E-state index contributed by atoms with van der Waals surface area (Å²) in [4.78, 5) is 14.5. The molecular formula is C18H24N2O3S. The third-order valence-corrected chi connectivity index (χ3v) is 5.62. The van der Waals surface area contributed by atoms with Crippen LogP contribution in [0.5, 0.6) is 11.5 Å². The average molecular weight is 348 g/mol. The maximum atomic E-state index is 11.9. The molecule has 2 heterocycles. The third kappa shape index (κ3) is 3.35. The van der Waals surface area contributed by atoms with Crippen LogP contribution in [0.25, 0.3) is 0 Å². The maximum Gasteiger partial charge on any atom is 0.307 e. The number of methoxy groups -OCH3 is 2. The fourth-order valence-electron chi connectivity index (χ4n) is 3.43. The lowest BCUT2D eigenvalue weighted by Crippen LogP contribution is -2.29. The zero-order valence-electron chi connectivity index (χ0n) is 14.4. The summed E-state index contributed by atoms with van der Waals surface area (Å²) >= 11 is 1.28. The van der Waals surface area contributed by atoms with E-state index >= 15 is 0 Å². The minimum Gasteiger partial charge on any atom is -0.493 e. The molecule has 0 saturated carbocycles. The molecule has 0 aliphatic carbocycles. The van der Waals surface area contributed by atoms with Crippen LogP contribution in [-0.2, 0) is 6.54 Å². The first-order valence-corrected chi connectivity index (χ1v) is 9.13. The Labute approximate surface area is 146 Å². The first-order valence-electron chi connectivity index (χ1n) is 8.25. The zero-order chi connectivity index (χ0) is 17.1. The Morgan fingerprint density at radius 1 is 1.21 bits per heavy atom. The highest BCUT2D eigenvalue weighted by Gasteiger charge is 2.26. The van der Waals surface area contributed by atoms with Gasteiger partial charge in [-0.3, -0.25) is 9.69 Å². The van der Waals surface area contributed by atoms with E-state index in [1.807, 2.05) is 22.9 Å². The molecular weight excluding hydrogens is 324 g/mol. The van der Waals surface area contributed by atoms with Gasteiger partial charge in [-0.2, -0.15) is 0 Å². The third-order valence-electron chi connectivity index (χ3n) is 4.74. The lowest BCUT2D eigenvalue weighted by molar-refractivity contribution is 0.245. The second-order valence-corrected chi connectivity index (χ2v) is 6.92. The van der Waals surface area contributed by atoms with Crippen molar-refractivity contribution in [3.63, 3.8) is 0 Å². The molecule has 0 unspecified atom stereocenters. The number of hydrogen-bond donors (Lipinski definition) is 0. The lowest BCUT2D eigenvalue weighted by atomic mass is 10.0. The van der Waals surface area contributed by atoms with Crippen LogP contribution in [0, 0.1) is 6.92 Å². The SMILES string of the molecule is COc1ccc([C@H]2CCCN2CCn2c(C)csc2=O)cc1OC. The molecule has 1 aromatic heterocycles. The molecule has 5 nitrogen and oxygen atoms in total. The van der Waals surface area contributed by atoms with E-state index in [0.717, 1.165) is 43.2 Å². The molecule has 130 valence electrons. The Morgan fingerprint density at radius 2 is 2.00 bits per heavy atom. The number of aryl methyl sites for hydroxylation is 1. The molecule has 0 amide bonds. The van der Waals surface area contributed by atoms with Gasteiger partial charge in [-0.15, -0.1) is 0 Å². The predicted molar refractivity (Wildman–Crippen MR) is 96.4 cm³/mol. The van der Waals surface area contributed by atoms with E-state index in [-0.39, 0.29) is 4.87 Å². The summed E-state index contributed by atoms with van der Waals surface area (Å²) in [6.45, 7) is 4.69. The zero-order valence-corrected chi connectivity index (χ0v) is 15.3. The van der Waals surface area contributed by atoms with Crippen molar-refractivity contribution < 1.29 is 9.47 Å². The van der Waals surface area contributed by atoms with Gasteiger partial charge in [0.1, 0.15) is 0 Å². The second-order valence-electron chi connectivity index (χ2n) is 6.10. The van der Waals surface area contributed by atoms with Gasteiger partial charge in [0.15, 0.2) is 11.5 Å². The predicted octanol–water partition coefficient (Wildman–Crippen LogP) is 3.07. The molecule has 24 heavy (non-hydrogen) atoms. The van der Waals surface area contributed by atoms with Gasteiger partial charge in [-0.1, -0.05) is 17.4 Å². The van der Waals surface area contributed by atoms with Gasteiger partial charge in [-0.05, 0) is 44.0 Å². The highest BCUT2D eigenvalue weighted by atomic mass is 32.1. The minimum absolute atomic E-state index is 0.134. The van der Waals surface area contributed by atoms with Crippen molar-refractivity contribution in [2.45, 2.75) is 32.4 Å². The fourth-order valence-corrected chi connectivity index (χ4v) is 4.20. The summed E-state index contributed by atoms with van der Waals surface area (Å²) in [6.07, 6.45) is 2.31. The number of aromatic nitrogens is 1. The Hall–Kier alpha value is -1.79. The molecule has 2 aromatic rings. The van der Waals surface area contributed by atoms with Crippen LogP contribution in [0.15, 0.2) is 28.4 Å². The van der Waals surface area contributed by atoms with Crippen molar-refractivity contribution in [1.82, 2.24) is 9.47 Å². The van der Waals surface area contributed by atoms with Gasteiger partial charge in [0.25, 0.3) is 0 Å². The van der Waals surface area contributed by atoms with Crippen molar-refractivity contribution in [1.29, 1.82) is 0 Å². The number of rotatable bonds is 6. The number of benzene rings is 1. The fraction of sp³-hybridized carbons (Fsp3) is 0.500. The van der Waals surface area contributed by atoms with Crippen molar-refractivity contribution >= 4 is 11.3 Å². The summed E-state index contributed by atoms with van der Waals surface area (Å²) in [6, 6.07) is 6.54. The number of thiazole rings is 1. The van der Waals surface area contributed by atoms with Crippen molar-refractivity contribution in [3.05, 3.63) is 44.5 Å². The first-order chi connectivity index (χ1) is 11.6. The van der Waals surface area contributed by atoms with Gasteiger partial charge in [0, 0.05) is 30.2 Å². The molecule has 3 rings (SSSR count). The van der Waals surface area contributed by atoms with Crippen LogP contribution < -0.4 is 14.3 Å².